The highest BCUT2D eigenvalue weighted by Crippen LogP contribution is 2.29. The van der Waals surface area contributed by atoms with E-state index < -0.39 is 5.76 Å². The SMILES string of the molecule is CC1(C)CC(NC(=S)Nc2ccc(SC(F)F)cc2)CC(C)(C)N1. The van der Waals surface area contributed by atoms with Gasteiger partial charge >= 0.3 is 0 Å². The Morgan fingerprint density at radius 3 is 2.21 bits per heavy atom. The minimum atomic E-state index is -2.40. The van der Waals surface area contributed by atoms with Gasteiger partial charge in [-0.3, -0.25) is 0 Å². The van der Waals surface area contributed by atoms with Crippen LogP contribution in [0.2, 0.25) is 0 Å². The largest absolute Gasteiger partial charge is 0.360 e. The maximum Gasteiger partial charge on any atom is 0.288 e. The molecule has 0 aliphatic carbocycles. The van der Waals surface area contributed by atoms with Gasteiger partial charge in [0.15, 0.2) is 5.11 Å². The molecule has 134 valence electrons. The summed E-state index contributed by atoms with van der Waals surface area (Å²) < 4.78 is 24.7. The van der Waals surface area contributed by atoms with Crippen LogP contribution in [0.4, 0.5) is 14.5 Å². The molecule has 1 fully saturated rings. The molecule has 0 atom stereocenters. The van der Waals surface area contributed by atoms with Crippen molar-refractivity contribution in [3.63, 3.8) is 0 Å². The van der Waals surface area contributed by atoms with Crippen LogP contribution in [-0.4, -0.2) is 28.0 Å². The van der Waals surface area contributed by atoms with Gasteiger partial charge in [-0.2, -0.15) is 8.78 Å². The number of benzene rings is 1. The Balaban J connectivity index is 1.91. The third-order valence-electron chi connectivity index (χ3n) is 3.86. The summed E-state index contributed by atoms with van der Waals surface area (Å²) in [5.74, 6) is -2.40. The number of thiocarbonyl (C=S) groups is 1. The number of thioether (sulfide) groups is 1. The summed E-state index contributed by atoms with van der Waals surface area (Å²) in [6, 6.07) is 7.13. The summed E-state index contributed by atoms with van der Waals surface area (Å²) in [6.07, 6.45) is 1.95. The van der Waals surface area contributed by atoms with E-state index in [-0.39, 0.29) is 17.1 Å². The fraction of sp³-hybridized carbons (Fsp3) is 0.588. The molecule has 0 aromatic heterocycles. The summed E-state index contributed by atoms with van der Waals surface area (Å²) in [5, 5.41) is 10.7. The fourth-order valence-electron chi connectivity index (χ4n) is 3.50. The number of hydrogen-bond donors (Lipinski definition) is 3. The second-order valence-electron chi connectivity index (χ2n) is 7.50. The monoisotopic (exact) mass is 373 g/mol. The summed E-state index contributed by atoms with van der Waals surface area (Å²) >= 11 is 5.94. The second kappa shape index (κ2) is 7.54. The quantitative estimate of drug-likeness (QED) is 0.531. The lowest BCUT2D eigenvalue weighted by molar-refractivity contribution is 0.156. The summed E-state index contributed by atoms with van der Waals surface area (Å²) in [7, 11) is 0. The predicted octanol–water partition coefficient (Wildman–Crippen LogP) is 4.60. The molecule has 1 heterocycles. The van der Waals surface area contributed by atoms with E-state index in [9.17, 15) is 8.78 Å². The van der Waals surface area contributed by atoms with E-state index in [2.05, 4.69) is 43.6 Å². The van der Waals surface area contributed by atoms with Gasteiger partial charge in [-0.25, -0.2) is 0 Å². The van der Waals surface area contributed by atoms with Crippen LogP contribution < -0.4 is 16.0 Å². The molecule has 1 saturated heterocycles. The van der Waals surface area contributed by atoms with E-state index in [0.717, 1.165) is 18.5 Å². The van der Waals surface area contributed by atoms with Crippen molar-refractivity contribution < 1.29 is 8.78 Å². The number of hydrogen-bond acceptors (Lipinski definition) is 3. The number of anilines is 1. The van der Waals surface area contributed by atoms with Gasteiger partial charge in [-0.1, -0.05) is 11.8 Å². The van der Waals surface area contributed by atoms with E-state index in [1.807, 2.05) is 0 Å². The Kier molecular flexibility index (Phi) is 6.09. The van der Waals surface area contributed by atoms with Crippen molar-refractivity contribution in [2.75, 3.05) is 5.32 Å². The Hall–Kier alpha value is -0.920. The van der Waals surface area contributed by atoms with E-state index in [0.29, 0.717) is 21.8 Å². The van der Waals surface area contributed by atoms with E-state index in [1.54, 1.807) is 24.3 Å². The van der Waals surface area contributed by atoms with Crippen LogP contribution in [0.3, 0.4) is 0 Å². The second-order valence-corrected chi connectivity index (χ2v) is 8.97. The molecule has 1 aromatic rings. The molecule has 1 aliphatic rings. The third-order valence-corrected chi connectivity index (χ3v) is 4.81. The molecule has 0 radical (unpaired) electrons. The number of halogens is 2. The molecule has 0 spiro atoms. The summed E-state index contributed by atoms with van der Waals surface area (Å²) in [4.78, 5) is 0.538. The van der Waals surface area contributed by atoms with E-state index >= 15 is 0 Å². The predicted molar refractivity (Wildman–Crippen MR) is 102 cm³/mol. The molecule has 0 saturated carbocycles. The Bertz CT molecular complexity index is 558. The molecule has 0 bridgehead atoms. The molecule has 1 aliphatic heterocycles. The lowest BCUT2D eigenvalue weighted by atomic mass is 9.80. The smallest absolute Gasteiger partial charge is 0.288 e. The lowest BCUT2D eigenvalue weighted by Gasteiger charge is -2.46. The first-order chi connectivity index (χ1) is 11.0. The Labute approximate surface area is 152 Å². The highest BCUT2D eigenvalue weighted by atomic mass is 32.2. The lowest BCUT2D eigenvalue weighted by Crippen LogP contribution is -2.62. The standard InChI is InChI=1S/C17H25F2N3S2/c1-16(2)9-12(10-17(3,4)22-16)21-15(23)20-11-5-7-13(8-6-11)24-14(18)19/h5-8,12,14,22H,9-10H2,1-4H3,(H2,20,21,23). The zero-order chi connectivity index (χ0) is 18.0. The van der Waals surface area contributed by atoms with E-state index in [4.69, 9.17) is 12.2 Å². The highest BCUT2D eigenvalue weighted by Gasteiger charge is 2.37. The summed E-state index contributed by atoms with van der Waals surface area (Å²) in [6.45, 7) is 8.77. The minimum absolute atomic E-state index is 0.0448. The number of piperidine rings is 1. The molecular weight excluding hydrogens is 348 g/mol. The van der Waals surface area contributed by atoms with Gasteiger partial charge in [-0.05, 0) is 77.0 Å². The Morgan fingerprint density at radius 1 is 1.17 bits per heavy atom. The van der Waals surface area contributed by atoms with Crippen molar-refractivity contribution in [3.05, 3.63) is 24.3 Å². The average Bonchev–Trinajstić information content (AvgIpc) is 2.36. The molecular formula is C17H25F2N3S2. The van der Waals surface area contributed by atoms with Crippen LogP contribution >= 0.6 is 24.0 Å². The van der Waals surface area contributed by atoms with Crippen molar-refractivity contribution >= 4 is 34.8 Å². The van der Waals surface area contributed by atoms with Gasteiger partial charge in [0, 0.05) is 27.7 Å². The topological polar surface area (TPSA) is 36.1 Å². The molecule has 24 heavy (non-hydrogen) atoms. The maximum absolute atomic E-state index is 12.3. The zero-order valence-corrected chi connectivity index (χ0v) is 16.1. The van der Waals surface area contributed by atoms with Crippen LogP contribution in [-0.2, 0) is 0 Å². The fourth-order valence-corrected chi connectivity index (χ4v) is 4.28. The van der Waals surface area contributed by atoms with Gasteiger partial charge in [0.2, 0.25) is 0 Å². The van der Waals surface area contributed by atoms with Crippen LogP contribution in [0, 0.1) is 0 Å². The normalized spacial score (nSPS) is 20.0. The van der Waals surface area contributed by atoms with Crippen LogP contribution in [0.25, 0.3) is 0 Å². The molecule has 0 amide bonds. The van der Waals surface area contributed by atoms with Crippen LogP contribution in [0.1, 0.15) is 40.5 Å². The number of rotatable bonds is 4. The molecule has 0 unspecified atom stereocenters. The molecule has 1 aromatic carbocycles. The number of nitrogens with one attached hydrogen (secondary N) is 3. The Morgan fingerprint density at radius 2 is 1.71 bits per heavy atom. The molecule has 3 nitrogen and oxygen atoms in total. The van der Waals surface area contributed by atoms with Crippen molar-refractivity contribution in [3.8, 4) is 0 Å². The van der Waals surface area contributed by atoms with Gasteiger partial charge in [0.1, 0.15) is 0 Å². The third kappa shape index (κ3) is 6.18. The van der Waals surface area contributed by atoms with Crippen LogP contribution in [0.15, 0.2) is 29.2 Å². The average molecular weight is 374 g/mol. The van der Waals surface area contributed by atoms with Crippen molar-refractivity contribution in [1.82, 2.24) is 10.6 Å². The van der Waals surface area contributed by atoms with E-state index in [1.165, 1.54) is 0 Å². The first-order valence-electron chi connectivity index (χ1n) is 7.96. The minimum Gasteiger partial charge on any atom is -0.360 e. The molecule has 7 heteroatoms. The maximum atomic E-state index is 12.3. The molecule has 3 N–H and O–H groups in total. The molecule has 2 rings (SSSR count). The van der Waals surface area contributed by atoms with Crippen molar-refractivity contribution in [2.24, 2.45) is 0 Å². The van der Waals surface area contributed by atoms with Crippen molar-refractivity contribution in [2.45, 2.75) is 68.3 Å². The first kappa shape index (κ1) is 19.4. The highest BCUT2D eigenvalue weighted by molar-refractivity contribution is 7.99. The zero-order valence-electron chi connectivity index (χ0n) is 14.5. The van der Waals surface area contributed by atoms with Gasteiger partial charge < -0.3 is 16.0 Å². The van der Waals surface area contributed by atoms with Gasteiger partial charge in [0.25, 0.3) is 5.76 Å². The number of alkyl halides is 2. The van der Waals surface area contributed by atoms with Crippen molar-refractivity contribution in [1.29, 1.82) is 0 Å². The van der Waals surface area contributed by atoms with Gasteiger partial charge in [0.05, 0.1) is 0 Å². The van der Waals surface area contributed by atoms with Crippen LogP contribution in [0.5, 0.6) is 0 Å². The first-order valence-corrected chi connectivity index (χ1v) is 9.25. The van der Waals surface area contributed by atoms with Gasteiger partial charge in [-0.15, -0.1) is 0 Å². The summed E-state index contributed by atoms with van der Waals surface area (Å²) in [5.41, 5.74) is 0.880.